The van der Waals surface area contributed by atoms with Crippen molar-refractivity contribution in [2.24, 2.45) is 0 Å². The summed E-state index contributed by atoms with van der Waals surface area (Å²) in [5.74, 6) is 0.271. The average molecular weight is 284 g/mol. The fourth-order valence-corrected chi connectivity index (χ4v) is 3.42. The third-order valence-electron chi connectivity index (χ3n) is 4.49. The third-order valence-corrected chi connectivity index (χ3v) is 4.49. The minimum Gasteiger partial charge on any atom is -0.313 e. The summed E-state index contributed by atoms with van der Waals surface area (Å²) in [6, 6.07) is 10.4. The Morgan fingerprint density at radius 2 is 2.19 bits per heavy atom. The number of hydrogen-bond acceptors (Lipinski definition) is 2. The first-order chi connectivity index (χ1) is 10.3. The summed E-state index contributed by atoms with van der Waals surface area (Å²) >= 11 is 0. The average Bonchev–Trinajstić information content (AvgIpc) is 2.52. The molecule has 0 aliphatic heterocycles. The molecule has 0 saturated heterocycles. The quantitative estimate of drug-likeness (QED) is 0.918. The molecule has 1 N–H and O–H groups in total. The summed E-state index contributed by atoms with van der Waals surface area (Å²) in [5.41, 5.74) is 3.87. The lowest BCUT2D eigenvalue weighted by molar-refractivity contribution is 0.437. The Morgan fingerprint density at radius 3 is 3.00 bits per heavy atom. The molecule has 1 aliphatic carbocycles. The number of aryl methyl sites for hydroxylation is 1. The van der Waals surface area contributed by atoms with Crippen LogP contribution in [0.4, 0.5) is 4.39 Å². The Hall–Kier alpha value is -1.74. The second kappa shape index (κ2) is 6.35. The summed E-state index contributed by atoms with van der Waals surface area (Å²) < 4.78 is 13.4. The molecule has 110 valence electrons. The van der Waals surface area contributed by atoms with Crippen molar-refractivity contribution in [2.75, 3.05) is 7.05 Å². The molecular formula is C18H21FN2. The highest BCUT2D eigenvalue weighted by atomic mass is 19.1. The standard InChI is InChI=1S/C18H21FN2/c1-20-18(15-9-16(19)12-21-11-15)10-14-7-4-6-13-5-2-3-8-17(13)14/h2-3,5,8-9,11-12,14,18,20H,4,6-7,10H2,1H3. The molecule has 2 nitrogen and oxygen atoms in total. The Kier molecular flexibility index (Phi) is 4.30. The van der Waals surface area contributed by atoms with Gasteiger partial charge in [0, 0.05) is 12.2 Å². The molecule has 1 heterocycles. The summed E-state index contributed by atoms with van der Waals surface area (Å²) in [6.45, 7) is 0. The summed E-state index contributed by atoms with van der Waals surface area (Å²) in [7, 11) is 1.93. The van der Waals surface area contributed by atoms with Crippen molar-refractivity contribution < 1.29 is 4.39 Å². The predicted molar refractivity (Wildman–Crippen MR) is 82.7 cm³/mol. The number of nitrogens with zero attached hydrogens (tertiary/aromatic N) is 1. The Balaban J connectivity index is 1.82. The van der Waals surface area contributed by atoms with Crippen LogP contribution in [0, 0.1) is 5.82 Å². The number of aromatic nitrogens is 1. The van der Waals surface area contributed by atoms with Crippen LogP contribution >= 0.6 is 0 Å². The molecule has 2 aromatic rings. The van der Waals surface area contributed by atoms with Crippen molar-refractivity contribution in [1.82, 2.24) is 10.3 Å². The maximum atomic E-state index is 13.4. The minimum atomic E-state index is -0.267. The molecule has 0 amide bonds. The van der Waals surface area contributed by atoms with Crippen molar-refractivity contribution in [3.8, 4) is 0 Å². The SMILES string of the molecule is CNC(CC1CCCc2ccccc21)c1cncc(F)c1. The van der Waals surface area contributed by atoms with Crippen LogP contribution in [0.3, 0.4) is 0 Å². The summed E-state index contributed by atoms with van der Waals surface area (Å²) in [6.07, 6.45) is 7.62. The Morgan fingerprint density at radius 1 is 1.33 bits per heavy atom. The normalized spacial score (nSPS) is 19.0. The molecule has 3 heteroatoms. The van der Waals surface area contributed by atoms with Crippen LogP contribution in [0.2, 0.25) is 0 Å². The highest BCUT2D eigenvalue weighted by Gasteiger charge is 2.23. The van der Waals surface area contributed by atoms with E-state index in [0.29, 0.717) is 5.92 Å². The van der Waals surface area contributed by atoms with E-state index in [0.717, 1.165) is 12.0 Å². The number of nitrogens with one attached hydrogen (secondary N) is 1. The number of halogens is 1. The zero-order chi connectivity index (χ0) is 14.7. The lowest BCUT2D eigenvalue weighted by Crippen LogP contribution is -2.21. The molecule has 1 aromatic heterocycles. The van der Waals surface area contributed by atoms with Gasteiger partial charge in [0.15, 0.2) is 0 Å². The molecule has 1 aromatic carbocycles. The van der Waals surface area contributed by atoms with Gasteiger partial charge in [-0.3, -0.25) is 4.98 Å². The van der Waals surface area contributed by atoms with Crippen LogP contribution in [-0.2, 0) is 6.42 Å². The molecule has 21 heavy (non-hydrogen) atoms. The summed E-state index contributed by atoms with van der Waals surface area (Å²) in [5, 5.41) is 3.32. The largest absolute Gasteiger partial charge is 0.313 e. The first-order valence-corrected chi connectivity index (χ1v) is 7.63. The first-order valence-electron chi connectivity index (χ1n) is 7.63. The molecule has 3 rings (SSSR count). The van der Waals surface area contributed by atoms with Gasteiger partial charge in [-0.25, -0.2) is 4.39 Å². The van der Waals surface area contributed by atoms with Gasteiger partial charge in [-0.1, -0.05) is 24.3 Å². The third kappa shape index (κ3) is 3.13. The van der Waals surface area contributed by atoms with E-state index >= 15 is 0 Å². The van der Waals surface area contributed by atoms with Gasteiger partial charge >= 0.3 is 0 Å². The van der Waals surface area contributed by atoms with E-state index in [2.05, 4.69) is 34.6 Å². The van der Waals surface area contributed by atoms with Crippen molar-refractivity contribution in [2.45, 2.75) is 37.6 Å². The zero-order valence-electron chi connectivity index (χ0n) is 12.3. The van der Waals surface area contributed by atoms with Crippen molar-refractivity contribution in [3.05, 3.63) is 65.2 Å². The first kappa shape index (κ1) is 14.2. The number of benzene rings is 1. The second-order valence-electron chi connectivity index (χ2n) is 5.80. The topological polar surface area (TPSA) is 24.9 Å². The van der Waals surface area contributed by atoms with E-state index in [9.17, 15) is 4.39 Å². The van der Waals surface area contributed by atoms with E-state index in [1.165, 1.54) is 36.6 Å². The minimum absolute atomic E-state index is 0.143. The van der Waals surface area contributed by atoms with E-state index in [4.69, 9.17) is 0 Å². The Bertz CT molecular complexity index is 612. The lowest BCUT2D eigenvalue weighted by atomic mass is 9.79. The van der Waals surface area contributed by atoms with Gasteiger partial charge in [0.05, 0.1) is 6.20 Å². The van der Waals surface area contributed by atoms with Gasteiger partial charge in [0.2, 0.25) is 0 Å². The van der Waals surface area contributed by atoms with Crippen LogP contribution in [0.15, 0.2) is 42.7 Å². The smallest absolute Gasteiger partial charge is 0.141 e. The van der Waals surface area contributed by atoms with Crippen LogP contribution in [0.1, 0.15) is 47.9 Å². The van der Waals surface area contributed by atoms with Gasteiger partial charge in [0.25, 0.3) is 0 Å². The number of rotatable bonds is 4. The predicted octanol–water partition coefficient (Wildman–Crippen LogP) is 3.99. The van der Waals surface area contributed by atoms with Crippen molar-refractivity contribution in [3.63, 3.8) is 0 Å². The Labute approximate surface area is 125 Å². The van der Waals surface area contributed by atoms with Gasteiger partial charge in [0.1, 0.15) is 5.82 Å². The number of pyridine rings is 1. The van der Waals surface area contributed by atoms with E-state index in [1.807, 2.05) is 7.05 Å². The van der Waals surface area contributed by atoms with E-state index in [1.54, 1.807) is 12.3 Å². The molecular weight excluding hydrogens is 263 g/mol. The van der Waals surface area contributed by atoms with Crippen LogP contribution in [-0.4, -0.2) is 12.0 Å². The molecule has 2 unspecified atom stereocenters. The van der Waals surface area contributed by atoms with Crippen LogP contribution < -0.4 is 5.32 Å². The maximum Gasteiger partial charge on any atom is 0.141 e. The number of fused-ring (bicyclic) bond motifs is 1. The highest BCUT2D eigenvalue weighted by molar-refractivity contribution is 5.33. The molecule has 0 bridgehead atoms. The maximum absolute atomic E-state index is 13.4. The van der Waals surface area contributed by atoms with E-state index < -0.39 is 0 Å². The van der Waals surface area contributed by atoms with Crippen LogP contribution in [0.5, 0.6) is 0 Å². The fraction of sp³-hybridized carbons (Fsp3) is 0.389. The number of hydrogen-bond donors (Lipinski definition) is 1. The monoisotopic (exact) mass is 284 g/mol. The van der Waals surface area contributed by atoms with Crippen LogP contribution in [0.25, 0.3) is 0 Å². The molecule has 0 saturated carbocycles. The summed E-state index contributed by atoms with van der Waals surface area (Å²) in [4.78, 5) is 3.98. The van der Waals surface area contributed by atoms with E-state index in [-0.39, 0.29) is 11.9 Å². The van der Waals surface area contributed by atoms with Gasteiger partial charge in [-0.2, -0.15) is 0 Å². The molecule has 2 atom stereocenters. The van der Waals surface area contributed by atoms with Gasteiger partial charge in [-0.15, -0.1) is 0 Å². The van der Waals surface area contributed by atoms with Gasteiger partial charge < -0.3 is 5.32 Å². The van der Waals surface area contributed by atoms with Crippen molar-refractivity contribution in [1.29, 1.82) is 0 Å². The zero-order valence-corrected chi connectivity index (χ0v) is 12.3. The molecule has 0 radical (unpaired) electrons. The highest BCUT2D eigenvalue weighted by Crippen LogP contribution is 2.37. The molecule has 0 fully saturated rings. The molecule has 1 aliphatic rings. The van der Waals surface area contributed by atoms with Gasteiger partial charge in [-0.05, 0) is 61.4 Å². The lowest BCUT2D eigenvalue weighted by Gasteiger charge is -2.29. The fourth-order valence-electron chi connectivity index (χ4n) is 3.42. The van der Waals surface area contributed by atoms with Crippen molar-refractivity contribution >= 4 is 0 Å². The second-order valence-corrected chi connectivity index (χ2v) is 5.80. The molecule has 0 spiro atoms.